The summed E-state index contributed by atoms with van der Waals surface area (Å²) in [5, 5.41) is 56.7. The van der Waals surface area contributed by atoms with Gasteiger partial charge in [-0.3, -0.25) is 43.7 Å². The number of carboxylic acid groups (broad SMARTS) is 4. The number of anilines is 1. The van der Waals surface area contributed by atoms with Crippen LogP contribution in [0.15, 0.2) is 24.3 Å². The summed E-state index contributed by atoms with van der Waals surface area (Å²) < 4.78 is 31.7. The summed E-state index contributed by atoms with van der Waals surface area (Å²) in [4.78, 5) is 116. The minimum absolute atomic E-state index is 0.118. The monoisotopic (exact) mass is 752 g/mol. The molecule has 1 aromatic carbocycles. The summed E-state index contributed by atoms with van der Waals surface area (Å²) in [7, 11) is 0. The molecular weight excluding hydrogens is 717 g/mol. The molecule has 0 saturated carbocycles. The van der Waals surface area contributed by atoms with Gasteiger partial charge in [0.05, 0.1) is 17.8 Å². The number of carboxylic acids is 4. The normalized spacial score (nSPS) is 13.0. The number of nitrogens with one attached hydrogen (secondary N) is 5. The molecular formula is C28H35F3N6O15. The van der Waals surface area contributed by atoms with E-state index >= 15 is 0 Å². The third-order valence-electron chi connectivity index (χ3n) is 6.21. The van der Waals surface area contributed by atoms with E-state index in [-0.39, 0.29) is 11.4 Å². The second-order valence-corrected chi connectivity index (χ2v) is 10.8. The maximum absolute atomic E-state index is 13.1. The number of aliphatic carboxylic acids is 4. The molecule has 9 N–H and O–H groups in total. The summed E-state index contributed by atoms with van der Waals surface area (Å²) in [6.45, 7) is 3.98. The average molecular weight is 753 g/mol. The Hall–Kier alpha value is -6.36. The first kappa shape index (κ1) is 45.6. The largest absolute Gasteiger partial charge is 0.490 e. The molecule has 4 atom stereocenters. The maximum Gasteiger partial charge on any atom is 0.490 e. The standard InChI is InChI=1S/C26H34N6O13.C2HF3O2/c1-12(2)22(25(41)30-18(26(42)43)10-19(34)28-14-4-6-15(7-5-14)32(44)45)31-23(39)16(8-9-20(35)36)29-24(40)17(11-21(37)38)27-13(3)33;3-2(4,5)1(6)7/h4-7,12,16-18,22H,8-11H2,1-3H3,(H,27,33)(H,28,34)(H,29,40)(H,30,41)(H,31,39)(H,35,36)(H,37,38)(H,42,43);(H,6,7)/t16-,17-,18-,22-;/m0./s1. The highest BCUT2D eigenvalue weighted by molar-refractivity contribution is 5.98. The lowest BCUT2D eigenvalue weighted by molar-refractivity contribution is -0.384. The third-order valence-corrected chi connectivity index (χ3v) is 6.21. The van der Waals surface area contributed by atoms with E-state index in [0.717, 1.165) is 19.1 Å². The van der Waals surface area contributed by atoms with Crippen LogP contribution in [-0.4, -0.2) is 109 Å². The molecule has 0 radical (unpaired) electrons. The zero-order chi connectivity index (χ0) is 40.5. The van der Waals surface area contributed by atoms with E-state index in [9.17, 15) is 66.7 Å². The molecule has 0 aliphatic carbocycles. The lowest BCUT2D eigenvalue weighted by Crippen LogP contribution is -2.59. The topological polar surface area (TPSA) is 338 Å². The molecule has 24 heteroatoms. The Morgan fingerprint density at radius 1 is 0.750 bits per heavy atom. The van der Waals surface area contributed by atoms with E-state index in [2.05, 4.69) is 26.6 Å². The van der Waals surface area contributed by atoms with Gasteiger partial charge >= 0.3 is 30.1 Å². The highest BCUT2D eigenvalue weighted by Gasteiger charge is 2.38. The van der Waals surface area contributed by atoms with Gasteiger partial charge in [0.2, 0.25) is 29.5 Å². The fourth-order valence-corrected chi connectivity index (χ4v) is 3.75. The van der Waals surface area contributed by atoms with Crippen molar-refractivity contribution in [3.8, 4) is 0 Å². The molecule has 5 amide bonds. The predicted octanol–water partition coefficient (Wildman–Crippen LogP) is -0.404. The number of nitrogens with zero attached hydrogens (tertiary/aromatic N) is 1. The van der Waals surface area contributed by atoms with E-state index in [1.165, 1.54) is 26.0 Å². The molecule has 0 aliphatic heterocycles. The van der Waals surface area contributed by atoms with Crippen LogP contribution < -0.4 is 26.6 Å². The molecule has 1 aromatic rings. The lowest BCUT2D eigenvalue weighted by atomic mass is 10.0. The van der Waals surface area contributed by atoms with Crippen LogP contribution >= 0.6 is 0 Å². The number of amides is 5. The van der Waals surface area contributed by atoms with Gasteiger partial charge in [-0.05, 0) is 24.5 Å². The number of halogens is 3. The smallest absolute Gasteiger partial charge is 0.481 e. The average Bonchev–Trinajstić information content (AvgIpc) is 3.00. The summed E-state index contributed by atoms with van der Waals surface area (Å²) in [6.07, 6.45) is -7.85. The molecule has 21 nitrogen and oxygen atoms in total. The van der Waals surface area contributed by atoms with Gasteiger partial charge in [0.15, 0.2) is 0 Å². The number of alkyl halides is 3. The number of hydrogen-bond acceptors (Lipinski definition) is 11. The number of rotatable bonds is 18. The van der Waals surface area contributed by atoms with Crippen LogP contribution in [-0.2, 0) is 43.2 Å². The van der Waals surface area contributed by atoms with Crippen LogP contribution in [0.25, 0.3) is 0 Å². The zero-order valence-electron chi connectivity index (χ0n) is 27.4. The summed E-state index contributed by atoms with van der Waals surface area (Å²) in [5.41, 5.74) is -0.130. The van der Waals surface area contributed by atoms with Crippen molar-refractivity contribution >= 4 is 64.8 Å². The van der Waals surface area contributed by atoms with E-state index < -0.39 is 120 Å². The lowest BCUT2D eigenvalue weighted by Gasteiger charge is -2.27. The molecule has 0 bridgehead atoms. The Balaban J connectivity index is 0.00000335. The molecule has 0 unspecified atom stereocenters. The first-order valence-corrected chi connectivity index (χ1v) is 14.5. The highest BCUT2D eigenvalue weighted by atomic mass is 19.4. The quantitative estimate of drug-likeness (QED) is 0.0680. The molecule has 1 rings (SSSR count). The number of hydrogen-bond donors (Lipinski definition) is 9. The number of benzene rings is 1. The minimum Gasteiger partial charge on any atom is -0.481 e. The van der Waals surface area contributed by atoms with E-state index in [1.807, 2.05) is 0 Å². The van der Waals surface area contributed by atoms with Crippen LogP contribution in [0.4, 0.5) is 24.5 Å². The van der Waals surface area contributed by atoms with Gasteiger partial charge in [-0.2, -0.15) is 13.2 Å². The van der Waals surface area contributed by atoms with Gasteiger partial charge < -0.3 is 47.0 Å². The van der Waals surface area contributed by atoms with Crippen molar-refractivity contribution in [1.82, 2.24) is 21.3 Å². The van der Waals surface area contributed by atoms with Crippen LogP contribution in [0.5, 0.6) is 0 Å². The predicted molar refractivity (Wildman–Crippen MR) is 165 cm³/mol. The zero-order valence-corrected chi connectivity index (χ0v) is 27.4. The molecule has 288 valence electrons. The van der Waals surface area contributed by atoms with Crippen molar-refractivity contribution in [3.05, 3.63) is 34.4 Å². The number of carbonyl (C=O) groups excluding carboxylic acids is 5. The summed E-state index contributed by atoms with van der Waals surface area (Å²) >= 11 is 0. The van der Waals surface area contributed by atoms with Crippen LogP contribution in [0.1, 0.15) is 46.5 Å². The van der Waals surface area contributed by atoms with Gasteiger partial charge in [-0.15, -0.1) is 0 Å². The van der Waals surface area contributed by atoms with E-state index in [1.54, 1.807) is 0 Å². The summed E-state index contributed by atoms with van der Waals surface area (Å²) in [6, 6.07) is -1.81. The molecule has 0 aromatic heterocycles. The second kappa shape index (κ2) is 21.0. The Morgan fingerprint density at radius 2 is 1.25 bits per heavy atom. The van der Waals surface area contributed by atoms with Crippen LogP contribution in [0.3, 0.4) is 0 Å². The first-order valence-electron chi connectivity index (χ1n) is 14.5. The van der Waals surface area contributed by atoms with Crippen molar-refractivity contribution in [3.63, 3.8) is 0 Å². The molecule has 0 spiro atoms. The van der Waals surface area contributed by atoms with E-state index in [4.69, 9.17) is 20.1 Å². The molecule has 52 heavy (non-hydrogen) atoms. The minimum atomic E-state index is -5.08. The van der Waals surface area contributed by atoms with Crippen LogP contribution in [0, 0.1) is 16.0 Å². The van der Waals surface area contributed by atoms with Gasteiger partial charge in [0, 0.05) is 31.2 Å². The van der Waals surface area contributed by atoms with Gasteiger partial charge in [0.1, 0.15) is 24.2 Å². The van der Waals surface area contributed by atoms with Gasteiger partial charge in [-0.25, -0.2) is 9.59 Å². The van der Waals surface area contributed by atoms with Crippen molar-refractivity contribution < 1.29 is 81.7 Å². The van der Waals surface area contributed by atoms with Crippen molar-refractivity contribution in [2.75, 3.05) is 5.32 Å². The highest BCUT2D eigenvalue weighted by Crippen LogP contribution is 2.16. The van der Waals surface area contributed by atoms with Crippen molar-refractivity contribution in [2.45, 2.75) is 76.8 Å². The SMILES string of the molecule is CC(=O)N[C@@H](CC(=O)O)C(=O)N[C@@H](CCC(=O)O)C(=O)N[C@H](C(=O)N[C@@H](CC(=O)Nc1ccc([N+](=O)[O-])cc1)C(=O)O)C(C)C.O=C(O)C(F)(F)F. The number of nitro benzene ring substituents is 1. The number of nitro groups is 1. The molecule has 0 aliphatic rings. The van der Waals surface area contributed by atoms with Gasteiger partial charge in [-0.1, -0.05) is 13.8 Å². The second-order valence-electron chi connectivity index (χ2n) is 10.8. The molecule has 0 fully saturated rings. The fourth-order valence-electron chi connectivity index (χ4n) is 3.75. The van der Waals surface area contributed by atoms with Crippen molar-refractivity contribution in [2.24, 2.45) is 5.92 Å². The van der Waals surface area contributed by atoms with Gasteiger partial charge in [0.25, 0.3) is 5.69 Å². The number of non-ortho nitro benzene ring substituents is 1. The van der Waals surface area contributed by atoms with Crippen molar-refractivity contribution in [1.29, 1.82) is 0 Å². The Bertz CT molecular complexity index is 1500. The Morgan fingerprint density at radius 3 is 1.65 bits per heavy atom. The maximum atomic E-state index is 13.1. The molecule has 0 heterocycles. The Labute approximate surface area is 290 Å². The number of carbonyl (C=O) groups is 9. The molecule has 0 saturated heterocycles. The fraction of sp³-hybridized carbons (Fsp3) is 0.464. The first-order chi connectivity index (χ1) is 23.8. The van der Waals surface area contributed by atoms with Crippen LogP contribution in [0.2, 0.25) is 0 Å². The van der Waals surface area contributed by atoms with E-state index in [0.29, 0.717) is 0 Å². The Kier molecular flexibility index (Phi) is 18.4. The third kappa shape index (κ3) is 17.9. The summed E-state index contributed by atoms with van der Waals surface area (Å²) in [5.74, 6) is -12.7.